The van der Waals surface area contributed by atoms with Crippen molar-refractivity contribution in [1.82, 2.24) is 0 Å². The molecule has 0 bridgehead atoms. The first-order chi connectivity index (χ1) is 8.85. The fourth-order valence-electron chi connectivity index (χ4n) is 1.77. The van der Waals surface area contributed by atoms with Crippen LogP contribution in [0.25, 0.3) is 0 Å². The van der Waals surface area contributed by atoms with Crippen molar-refractivity contribution < 1.29 is 18.9 Å². The molecule has 4 nitrogen and oxygen atoms in total. The average molecular weight is 274 g/mol. The van der Waals surface area contributed by atoms with E-state index in [9.17, 15) is 0 Å². The highest BCUT2D eigenvalue weighted by Crippen LogP contribution is 2.21. The van der Waals surface area contributed by atoms with Crippen LogP contribution < -0.4 is 0 Å². The molecule has 1 unspecified atom stereocenters. The molecule has 0 aromatic carbocycles. The van der Waals surface area contributed by atoms with Gasteiger partial charge in [0, 0.05) is 20.3 Å². The molecule has 0 aromatic rings. The Hall–Kier alpha value is -0.160. The lowest BCUT2D eigenvalue weighted by molar-refractivity contribution is -0.0797. The molecule has 0 saturated carbocycles. The SMILES string of the molecule is COCCC(C)(C)OCCC(C)(C)OCCC1CO1. The Morgan fingerprint density at radius 1 is 0.947 bits per heavy atom. The van der Waals surface area contributed by atoms with Crippen molar-refractivity contribution in [2.75, 3.05) is 33.5 Å². The number of hydrogen-bond donors (Lipinski definition) is 0. The van der Waals surface area contributed by atoms with Gasteiger partial charge < -0.3 is 18.9 Å². The zero-order valence-electron chi connectivity index (χ0n) is 13.2. The van der Waals surface area contributed by atoms with E-state index in [1.54, 1.807) is 7.11 Å². The summed E-state index contributed by atoms with van der Waals surface area (Å²) in [5, 5.41) is 0. The van der Waals surface area contributed by atoms with Crippen LogP contribution in [0.2, 0.25) is 0 Å². The van der Waals surface area contributed by atoms with Gasteiger partial charge in [-0.1, -0.05) is 0 Å². The number of ether oxygens (including phenoxy) is 4. The van der Waals surface area contributed by atoms with Gasteiger partial charge in [0.2, 0.25) is 0 Å². The molecule has 1 heterocycles. The molecule has 0 aliphatic carbocycles. The van der Waals surface area contributed by atoms with Gasteiger partial charge >= 0.3 is 0 Å². The lowest BCUT2D eigenvalue weighted by Crippen LogP contribution is -2.32. The third-order valence-corrected chi connectivity index (χ3v) is 3.44. The van der Waals surface area contributed by atoms with Gasteiger partial charge in [0.1, 0.15) is 0 Å². The van der Waals surface area contributed by atoms with E-state index >= 15 is 0 Å². The average Bonchev–Trinajstić information content (AvgIpc) is 3.09. The summed E-state index contributed by atoms with van der Waals surface area (Å²) in [6, 6.07) is 0. The second kappa shape index (κ2) is 7.58. The van der Waals surface area contributed by atoms with Gasteiger partial charge in [0.25, 0.3) is 0 Å². The summed E-state index contributed by atoms with van der Waals surface area (Å²) in [6.45, 7) is 11.6. The summed E-state index contributed by atoms with van der Waals surface area (Å²) in [4.78, 5) is 0. The summed E-state index contributed by atoms with van der Waals surface area (Å²) in [5.74, 6) is 0. The van der Waals surface area contributed by atoms with Crippen molar-refractivity contribution in [1.29, 1.82) is 0 Å². The number of hydrogen-bond acceptors (Lipinski definition) is 4. The van der Waals surface area contributed by atoms with E-state index < -0.39 is 0 Å². The third-order valence-electron chi connectivity index (χ3n) is 3.44. The van der Waals surface area contributed by atoms with Crippen LogP contribution in [-0.2, 0) is 18.9 Å². The minimum atomic E-state index is -0.133. The highest BCUT2D eigenvalue weighted by Gasteiger charge is 2.25. The summed E-state index contributed by atoms with van der Waals surface area (Å²) in [5.41, 5.74) is -0.264. The largest absolute Gasteiger partial charge is 0.385 e. The molecule has 0 amide bonds. The van der Waals surface area contributed by atoms with Gasteiger partial charge in [-0.15, -0.1) is 0 Å². The van der Waals surface area contributed by atoms with Crippen molar-refractivity contribution in [3.05, 3.63) is 0 Å². The standard InChI is InChI=1S/C15H30O4/c1-14(2,7-10-16-5)19-11-8-15(3,4)18-9-6-13-12-17-13/h13H,6-12H2,1-5H3. The topological polar surface area (TPSA) is 40.2 Å². The Balaban J connectivity index is 2.10. The maximum absolute atomic E-state index is 5.92. The molecule has 19 heavy (non-hydrogen) atoms. The highest BCUT2D eigenvalue weighted by atomic mass is 16.6. The molecule has 0 aromatic heterocycles. The predicted octanol–water partition coefficient (Wildman–Crippen LogP) is 2.79. The summed E-state index contributed by atoms with van der Waals surface area (Å²) in [6.07, 6.45) is 3.25. The Kier molecular flexibility index (Phi) is 6.74. The predicted molar refractivity (Wildman–Crippen MR) is 75.5 cm³/mol. The highest BCUT2D eigenvalue weighted by molar-refractivity contribution is 4.74. The number of epoxide rings is 1. The van der Waals surface area contributed by atoms with Crippen molar-refractivity contribution in [2.24, 2.45) is 0 Å². The maximum atomic E-state index is 5.92. The fourth-order valence-corrected chi connectivity index (χ4v) is 1.77. The minimum absolute atomic E-state index is 0.131. The van der Waals surface area contributed by atoms with Gasteiger partial charge in [-0.3, -0.25) is 0 Å². The molecular weight excluding hydrogens is 244 g/mol. The van der Waals surface area contributed by atoms with Crippen molar-refractivity contribution in [3.63, 3.8) is 0 Å². The van der Waals surface area contributed by atoms with Crippen LogP contribution in [-0.4, -0.2) is 50.8 Å². The molecule has 1 aliphatic heterocycles. The van der Waals surface area contributed by atoms with Crippen LogP contribution in [0.5, 0.6) is 0 Å². The zero-order valence-corrected chi connectivity index (χ0v) is 13.2. The first kappa shape index (κ1) is 16.9. The molecule has 1 fully saturated rings. The number of rotatable bonds is 11. The van der Waals surface area contributed by atoms with E-state index in [0.717, 1.165) is 39.1 Å². The number of methoxy groups -OCH3 is 1. The summed E-state index contributed by atoms with van der Waals surface area (Å²) < 4.78 is 22.1. The molecule has 1 atom stereocenters. The van der Waals surface area contributed by atoms with Crippen LogP contribution in [0.1, 0.15) is 47.0 Å². The summed E-state index contributed by atoms with van der Waals surface area (Å²) >= 11 is 0. The quantitative estimate of drug-likeness (QED) is 0.543. The lowest BCUT2D eigenvalue weighted by Gasteiger charge is -2.29. The van der Waals surface area contributed by atoms with Gasteiger partial charge in [0.05, 0.1) is 30.5 Å². The molecule has 1 aliphatic rings. The normalized spacial score (nSPS) is 19.7. The van der Waals surface area contributed by atoms with E-state index in [0.29, 0.717) is 12.7 Å². The Morgan fingerprint density at radius 3 is 2.00 bits per heavy atom. The third kappa shape index (κ3) is 8.58. The molecule has 0 N–H and O–H groups in total. The van der Waals surface area contributed by atoms with E-state index in [1.807, 2.05) is 0 Å². The van der Waals surface area contributed by atoms with Gasteiger partial charge in [-0.25, -0.2) is 0 Å². The van der Waals surface area contributed by atoms with Gasteiger partial charge in [-0.05, 0) is 47.0 Å². The van der Waals surface area contributed by atoms with Crippen LogP contribution in [0, 0.1) is 0 Å². The van der Waals surface area contributed by atoms with Crippen molar-refractivity contribution >= 4 is 0 Å². The first-order valence-electron chi connectivity index (χ1n) is 7.23. The first-order valence-corrected chi connectivity index (χ1v) is 7.23. The van der Waals surface area contributed by atoms with Crippen LogP contribution >= 0.6 is 0 Å². The maximum Gasteiger partial charge on any atom is 0.0831 e. The second-order valence-corrected chi connectivity index (χ2v) is 6.45. The Bertz CT molecular complexity index is 247. The van der Waals surface area contributed by atoms with Crippen LogP contribution in [0.3, 0.4) is 0 Å². The minimum Gasteiger partial charge on any atom is -0.385 e. The van der Waals surface area contributed by atoms with Crippen molar-refractivity contribution in [2.45, 2.75) is 64.3 Å². The van der Waals surface area contributed by atoms with E-state index in [4.69, 9.17) is 18.9 Å². The second-order valence-electron chi connectivity index (χ2n) is 6.45. The van der Waals surface area contributed by atoms with E-state index in [2.05, 4.69) is 27.7 Å². The van der Waals surface area contributed by atoms with Gasteiger partial charge in [0.15, 0.2) is 0 Å². The fraction of sp³-hybridized carbons (Fsp3) is 1.00. The molecule has 4 heteroatoms. The van der Waals surface area contributed by atoms with Crippen LogP contribution in [0.4, 0.5) is 0 Å². The van der Waals surface area contributed by atoms with E-state index in [1.165, 1.54) is 0 Å². The lowest BCUT2D eigenvalue weighted by atomic mass is 10.0. The van der Waals surface area contributed by atoms with E-state index in [-0.39, 0.29) is 11.2 Å². The molecule has 0 radical (unpaired) electrons. The molecule has 1 rings (SSSR count). The smallest absolute Gasteiger partial charge is 0.0831 e. The Morgan fingerprint density at radius 2 is 1.47 bits per heavy atom. The summed E-state index contributed by atoms with van der Waals surface area (Å²) in [7, 11) is 1.72. The van der Waals surface area contributed by atoms with Gasteiger partial charge in [-0.2, -0.15) is 0 Å². The molecule has 1 saturated heterocycles. The molecule has 114 valence electrons. The van der Waals surface area contributed by atoms with Crippen LogP contribution in [0.15, 0.2) is 0 Å². The zero-order chi connectivity index (χ0) is 14.4. The molecular formula is C15H30O4. The monoisotopic (exact) mass is 274 g/mol. The molecule has 0 spiro atoms. The Labute approximate surface area is 117 Å². The van der Waals surface area contributed by atoms with Crippen molar-refractivity contribution in [3.8, 4) is 0 Å².